The fourth-order valence-electron chi connectivity index (χ4n) is 1.69. The molecule has 2 rings (SSSR count). The van der Waals surface area contributed by atoms with Crippen molar-refractivity contribution < 1.29 is 14.7 Å². The summed E-state index contributed by atoms with van der Waals surface area (Å²) in [5, 5.41) is 11.6. The number of pyridine rings is 1. The Morgan fingerprint density at radius 2 is 2.05 bits per heavy atom. The Morgan fingerprint density at radius 1 is 1.25 bits per heavy atom. The summed E-state index contributed by atoms with van der Waals surface area (Å²) in [5.74, 6) is -1.27. The van der Waals surface area contributed by atoms with Crippen molar-refractivity contribution in [1.29, 1.82) is 0 Å². The van der Waals surface area contributed by atoms with Crippen LogP contribution in [0, 0.1) is 6.92 Å². The molecule has 0 unspecified atom stereocenters. The highest BCUT2D eigenvalue weighted by Crippen LogP contribution is 2.06. The molecule has 1 amide bonds. The van der Waals surface area contributed by atoms with E-state index < -0.39 is 5.97 Å². The van der Waals surface area contributed by atoms with Gasteiger partial charge in [0, 0.05) is 12.7 Å². The van der Waals surface area contributed by atoms with Gasteiger partial charge < -0.3 is 10.4 Å². The topological polar surface area (TPSA) is 79.3 Å². The lowest BCUT2D eigenvalue weighted by Crippen LogP contribution is -2.23. The number of nitrogens with zero attached hydrogens (tertiary/aromatic N) is 1. The average Bonchev–Trinajstić information content (AvgIpc) is 2.46. The minimum atomic E-state index is -0.988. The second kappa shape index (κ2) is 5.97. The van der Waals surface area contributed by atoms with Crippen molar-refractivity contribution in [2.45, 2.75) is 13.5 Å². The Morgan fingerprint density at radius 3 is 2.70 bits per heavy atom. The zero-order valence-electron chi connectivity index (χ0n) is 11.0. The molecule has 1 aromatic heterocycles. The van der Waals surface area contributed by atoms with Gasteiger partial charge in [-0.15, -0.1) is 0 Å². The first-order valence-electron chi connectivity index (χ1n) is 6.09. The Kier molecular flexibility index (Phi) is 4.10. The number of carbonyl (C=O) groups excluding carboxylic acids is 1. The van der Waals surface area contributed by atoms with Gasteiger partial charge >= 0.3 is 5.97 Å². The number of nitrogens with one attached hydrogen (secondary N) is 1. The van der Waals surface area contributed by atoms with Gasteiger partial charge in [0.15, 0.2) is 0 Å². The molecule has 0 aliphatic rings. The molecule has 0 saturated heterocycles. The molecule has 2 aromatic rings. The first-order chi connectivity index (χ1) is 9.56. The maximum absolute atomic E-state index is 11.9. The molecule has 1 aromatic carbocycles. The highest BCUT2D eigenvalue weighted by molar-refractivity contribution is 5.92. The second-order valence-electron chi connectivity index (χ2n) is 4.41. The van der Waals surface area contributed by atoms with Gasteiger partial charge in [0.2, 0.25) is 0 Å². The summed E-state index contributed by atoms with van der Waals surface area (Å²) in [4.78, 5) is 26.7. The van der Waals surface area contributed by atoms with Crippen LogP contribution in [0.25, 0.3) is 0 Å². The van der Waals surface area contributed by atoms with E-state index in [1.807, 2.05) is 13.0 Å². The van der Waals surface area contributed by atoms with E-state index in [9.17, 15) is 9.59 Å². The van der Waals surface area contributed by atoms with Crippen molar-refractivity contribution in [3.63, 3.8) is 0 Å². The standard InChI is InChI=1S/C15H14N2O3/c1-10-5-6-13(16-8-10)14(18)17-9-11-3-2-4-12(7-11)15(19)20/h2-8H,9H2,1H3,(H,17,18)(H,19,20). The van der Waals surface area contributed by atoms with Crippen LogP contribution in [-0.2, 0) is 6.54 Å². The van der Waals surface area contributed by atoms with Gasteiger partial charge in [-0.2, -0.15) is 0 Å². The lowest BCUT2D eigenvalue weighted by atomic mass is 10.1. The Labute approximate surface area is 116 Å². The van der Waals surface area contributed by atoms with Crippen LogP contribution < -0.4 is 5.32 Å². The maximum atomic E-state index is 11.9. The number of aromatic carboxylic acids is 1. The number of carbonyl (C=O) groups is 2. The molecule has 0 spiro atoms. The molecular weight excluding hydrogens is 256 g/mol. The van der Waals surface area contributed by atoms with Crippen molar-refractivity contribution in [3.05, 3.63) is 65.0 Å². The number of aryl methyl sites for hydroxylation is 1. The third-order valence-corrected chi connectivity index (χ3v) is 2.77. The number of rotatable bonds is 4. The van der Waals surface area contributed by atoms with Gasteiger partial charge in [-0.1, -0.05) is 18.2 Å². The number of carboxylic acids is 1. The van der Waals surface area contributed by atoms with E-state index in [-0.39, 0.29) is 18.0 Å². The van der Waals surface area contributed by atoms with Crippen LogP contribution in [-0.4, -0.2) is 22.0 Å². The highest BCUT2D eigenvalue weighted by atomic mass is 16.4. The lowest BCUT2D eigenvalue weighted by Gasteiger charge is -2.06. The van der Waals surface area contributed by atoms with Crippen molar-refractivity contribution in [1.82, 2.24) is 10.3 Å². The summed E-state index contributed by atoms with van der Waals surface area (Å²) in [6.07, 6.45) is 1.62. The summed E-state index contributed by atoms with van der Waals surface area (Å²) in [5.41, 5.74) is 2.25. The first kappa shape index (κ1) is 13.7. The molecule has 0 aliphatic carbocycles. The molecule has 0 radical (unpaired) electrons. The zero-order valence-corrected chi connectivity index (χ0v) is 11.0. The van der Waals surface area contributed by atoms with Crippen LogP contribution in [0.4, 0.5) is 0 Å². The molecule has 5 nitrogen and oxygen atoms in total. The van der Waals surface area contributed by atoms with Crippen molar-refractivity contribution >= 4 is 11.9 Å². The zero-order chi connectivity index (χ0) is 14.5. The molecular formula is C15H14N2O3. The summed E-state index contributed by atoms with van der Waals surface area (Å²) < 4.78 is 0. The average molecular weight is 270 g/mol. The van der Waals surface area contributed by atoms with Crippen LogP contribution in [0.5, 0.6) is 0 Å². The number of amides is 1. The monoisotopic (exact) mass is 270 g/mol. The van der Waals surface area contributed by atoms with Gasteiger partial charge in [-0.05, 0) is 36.2 Å². The second-order valence-corrected chi connectivity index (χ2v) is 4.41. The van der Waals surface area contributed by atoms with Crippen molar-refractivity contribution in [3.8, 4) is 0 Å². The van der Waals surface area contributed by atoms with Crippen LogP contribution in [0.3, 0.4) is 0 Å². The Balaban J connectivity index is 2.01. The molecule has 0 aliphatic heterocycles. The van der Waals surface area contributed by atoms with E-state index in [4.69, 9.17) is 5.11 Å². The molecule has 20 heavy (non-hydrogen) atoms. The van der Waals surface area contributed by atoms with E-state index >= 15 is 0 Å². The SMILES string of the molecule is Cc1ccc(C(=O)NCc2cccc(C(=O)O)c2)nc1. The molecule has 2 N–H and O–H groups in total. The minimum absolute atomic E-state index is 0.199. The molecule has 1 heterocycles. The van der Waals surface area contributed by atoms with Crippen molar-refractivity contribution in [2.75, 3.05) is 0 Å². The normalized spacial score (nSPS) is 10.1. The Bertz CT molecular complexity index is 636. The summed E-state index contributed by atoms with van der Waals surface area (Å²) in [7, 11) is 0. The van der Waals surface area contributed by atoms with E-state index in [1.54, 1.807) is 24.4 Å². The number of aromatic nitrogens is 1. The van der Waals surface area contributed by atoms with Gasteiger partial charge in [-0.25, -0.2) is 4.79 Å². The fourth-order valence-corrected chi connectivity index (χ4v) is 1.69. The summed E-state index contributed by atoms with van der Waals surface area (Å²) >= 11 is 0. The predicted octanol–water partition coefficient (Wildman–Crippen LogP) is 2.02. The molecule has 0 atom stereocenters. The van der Waals surface area contributed by atoms with E-state index in [2.05, 4.69) is 10.3 Å². The quantitative estimate of drug-likeness (QED) is 0.890. The minimum Gasteiger partial charge on any atom is -0.478 e. The van der Waals surface area contributed by atoms with Gasteiger partial charge in [0.05, 0.1) is 5.56 Å². The number of hydrogen-bond acceptors (Lipinski definition) is 3. The number of benzene rings is 1. The summed E-state index contributed by atoms with van der Waals surface area (Å²) in [6, 6.07) is 9.91. The molecule has 0 bridgehead atoms. The molecule has 0 saturated carbocycles. The van der Waals surface area contributed by atoms with Crippen LogP contribution >= 0.6 is 0 Å². The van der Waals surface area contributed by atoms with Crippen LogP contribution in [0.15, 0.2) is 42.6 Å². The highest BCUT2D eigenvalue weighted by Gasteiger charge is 2.07. The van der Waals surface area contributed by atoms with Crippen LogP contribution in [0.2, 0.25) is 0 Å². The third-order valence-electron chi connectivity index (χ3n) is 2.77. The lowest BCUT2D eigenvalue weighted by molar-refractivity contribution is 0.0696. The number of carboxylic acid groups (broad SMARTS) is 1. The number of hydrogen-bond donors (Lipinski definition) is 2. The largest absolute Gasteiger partial charge is 0.478 e. The third kappa shape index (κ3) is 3.41. The Hall–Kier alpha value is -2.69. The smallest absolute Gasteiger partial charge is 0.335 e. The van der Waals surface area contributed by atoms with Gasteiger partial charge in [0.25, 0.3) is 5.91 Å². The molecule has 0 fully saturated rings. The maximum Gasteiger partial charge on any atom is 0.335 e. The fraction of sp³-hybridized carbons (Fsp3) is 0.133. The van der Waals surface area contributed by atoms with Gasteiger partial charge in [-0.3, -0.25) is 9.78 Å². The van der Waals surface area contributed by atoms with E-state index in [0.717, 1.165) is 11.1 Å². The van der Waals surface area contributed by atoms with Crippen molar-refractivity contribution in [2.24, 2.45) is 0 Å². The van der Waals surface area contributed by atoms with Gasteiger partial charge in [0.1, 0.15) is 5.69 Å². The summed E-state index contributed by atoms with van der Waals surface area (Å²) in [6.45, 7) is 2.15. The first-order valence-corrected chi connectivity index (χ1v) is 6.09. The van der Waals surface area contributed by atoms with E-state index in [1.165, 1.54) is 12.1 Å². The van der Waals surface area contributed by atoms with E-state index in [0.29, 0.717) is 5.69 Å². The predicted molar refractivity (Wildman–Crippen MR) is 73.5 cm³/mol. The van der Waals surface area contributed by atoms with Crippen LogP contribution in [0.1, 0.15) is 32.0 Å². The molecule has 102 valence electrons. The molecule has 5 heteroatoms.